The fourth-order valence-electron chi connectivity index (χ4n) is 1.65. The fourth-order valence-corrected chi connectivity index (χ4v) is 2.25. The number of carbonyl (C=O) groups excluding carboxylic acids is 4. The van der Waals surface area contributed by atoms with Crippen LogP contribution in [0.4, 0.5) is 10.5 Å². The van der Waals surface area contributed by atoms with Gasteiger partial charge in [0.05, 0.1) is 11.5 Å². The molecule has 0 saturated heterocycles. The number of hydrogen-bond acceptors (Lipinski definition) is 6. The minimum atomic E-state index is -1.15. The second-order valence-electron chi connectivity index (χ2n) is 4.90. The second-order valence-corrected chi connectivity index (χ2v) is 5.88. The number of nitrogens with one attached hydrogen (secondary N) is 2. The summed E-state index contributed by atoms with van der Waals surface area (Å²) < 4.78 is 4.82. The van der Waals surface area contributed by atoms with Gasteiger partial charge in [-0.15, -0.1) is 11.8 Å². The van der Waals surface area contributed by atoms with Crippen molar-refractivity contribution in [2.75, 3.05) is 16.8 Å². The molecule has 1 aromatic rings. The van der Waals surface area contributed by atoms with Crippen LogP contribution in [0.25, 0.3) is 0 Å². The van der Waals surface area contributed by atoms with Gasteiger partial charge in [-0.1, -0.05) is 12.1 Å². The number of carbonyl (C=O) groups is 4. The van der Waals surface area contributed by atoms with Gasteiger partial charge >= 0.3 is 12.0 Å². The van der Waals surface area contributed by atoms with Gasteiger partial charge in [-0.05, 0) is 31.5 Å². The lowest BCUT2D eigenvalue weighted by molar-refractivity contribution is -0.151. The number of urea groups is 1. The summed E-state index contributed by atoms with van der Waals surface area (Å²) in [6, 6.07) is 6.31. The van der Waals surface area contributed by atoms with Crippen LogP contribution in [0.2, 0.25) is 0 Å². The van der Waals surface area contributed by atoms with Gasteiger partial charge in [-0.2, -0.15) is 0 Å². The molecule has 0 heterocycles. The van der Waals surface area contributed by atoms with Crippen molar-refractivity contribution in [2.24, 2.45) is 5.73 Å². The highest BCUT2D eigenvalue weighted by Gasteiger charge is 2.19. The van der Waals surface area contributed by atoms with Crippen LogP contribution in [-0.4, -0.2) is 41.4 Å². The molecule has 0 bridgehead atoms. The highest BCUT2D eigenvalue weighted by Crippen LogP contribution is 2.10. The molecule has 24 heavy (non-hydrogen) atoms. The summed E-state index contributed by atoms with van der Waals surface area (Å²) in [6.07, 6.45) is -1.15. The highest BCUT2D eigenvalue weighted by atomic mass is 32.2. The molecule has 9 heteroatoms. The molecule has 1 atom stereocenters. The smallest absolute Gasteiger partial charge is 0.318 e. The Morgan fingerprint density at radius 1 is 1.25 bits per heavy atom. The maximum Gasteiger partial charge on any atom is 0.318 e. The number of hydrogen-bond donors (Lipinski definition) is 3. The van der Waals surface area contributed by atoms with Crippen LogP contribution in [0.5, 0.6) is 0 Å². The Labute approximate surface area is 143 Å². The number of rotatable bonds is 7. The van der Waals surface area contributed by atoms with Crippen molar-refractivity contribution in [2.45, 2.75) is 20.0 Å². The van der Waals surface area contributed by atoms with Crippen LogP contribution < -0.4 is 16.4 Å². The Morgan fingerprint density at radius 3 is 2.58 bits per heavy atom. The van der Waals surface area contributed by atoms with Crippen molar-refractivity contribution in [1.29, 1.82) is 0 Å². The van der Waals surface area contributed by atoms with Crippen LogP contribution in [0, 0.1) is 6.92 Å². The predicted molar refractivity (Wildman–Crippen MR) is 90.4 cm³/mol. The zero-order chi connectivity index (χ0) is 18.1. The van der Waals surface area contributed by atoms with Gasteiger partial charge < -0.3 is 15.8 Å². The van der Waals surface area contributed by atoms with Gasteiger partial charge in [0.25, 0.3) is 5.91 Å². The number of primary amides is 1. The van der Waals surface area contributed by atoms with Crippen molar-refractivity contribution in [3.05, 3.63) is 29.8 Å². The third-order valence-electron chi connectivity index (χ3n) is 2.68. The largest absolute Gasteiger partial charge is 0.452 e. The SMILES string of the molecule is Cc1cccc(NC(=O)CSCC(=O)O[C@@H](C)C(=O)NC(N)=O)c1. The van der Waals surface area contributed by atoms with Crippen molar-refractivity contribution in [3.63, 3.8) is 0 Å². The standard InChI is InChI=1S/C15H19N3O5S/c1-9-4-3-5-11(6-9)17-12(19)7-24-8-13(20)23-10(2)14(21)18-15(16)22/h3-6,10H,7-8H2,1-2H3,(H,17,19)(H3,16,18,21,22)/t10-/m0/s1. The molecule has 4 N–H and O–H groups in total. The molecule has 0 aliphatic heterocycles. The first-order valence-corrected chi connectivity index (χ1v) is 8.17. The third kappa shape index (κ3) is 7.63. The van der Waals surface area contributed by atoms with E-state index < -0.39 is 24.0 Å². The number of anilines is 1. The Kier molecular flexibility index (Phi) is 7.76. The summed E-state index contributed by atoms with van der Waals surface area (Å²) in [6.45, 7) is 3.22. The minimum Gasteiger partial charge on any atom is -0.452 e. The lowest BCUT2D eigenvalue weighted by Crippen LogP contribution is -2.42. The van der Waals surface area contributed by atoms with E-state index in [0.29, 0.717) is 5.69 Å². The molecule has 4 amide bonds. The summed E-state index contributed by atoms with van der Waals surface area (Å²) in [4.78, 5) is 45.2. The number of aryl methyl sites for hydroxylation is 1. The van der Waals surface area contributed by atoms with E-state index in [1.54, 1.807) is 11.4 Å². The average molecular weight is 353 g/mol. The monoisotopic (exact) mass is 353 g/mol. The molecule has 8 nitrogen and oxygen atoms in total. The molecule has 0 spiro atoms. The topological polar surface area (TPSA) is 128 Å². The summed E-state index contributed by atoms with van der Waals surface area (Å²) in [5, 5.41) is 4.52. The summed E-state index contributed by atoms with van der Waals surface area (Å²) in [5.74, 6) is -1.77. The van der Waals surface area contributed by atoms with Gasteiger partial charge in [0.1, 0.15) is 0 Å². The number of amides is 4. The zero-order valence-electron chi connectivity index (χ0n) is 13.3. The number of ether oxygens (including phenoxy) is 1. The van der Waals surface area contributed by atoms with Gasteiger partial charge in [0, 0.05) is 5.69 Å². The third-order valence-corrected chi connectivity index (χ3v) is 3.58. The molecule has 0 aliphatic rings. The molecule has 0 aromatic heterocycles. The van der Waals surface area contributed by atoms with E-state index in [-0.39, 0.29) is 17.4 Å². The fraction of sp³-hybridized carbons (Fsp3) is 0.333. The van der Waals surface area contributed by atoms with E-state index in [9.17, 15) is 19.2 Å². The van der Waals surface area contributed by atoms with Gasteiger partial charge in [-0.3, -0.25) is 19.7 Å². The number of esters is 1. The van der Waals surface area contributed by atoms with Gasteiger partial charge in [-0.25, -0.2) is 4.79 Å². The Morgan fingerprint density at radius 2 is 1.96 bits per heavy atom. The molecular formula is C15H19N3O5S. The Balaban J connectivity index is 2.28. The van der Waals surface area contributed by atoms with E-state index in [0.717, 1.165) is 17.3 Å². The summed E-state index contributed by atoms with van der Waals surface area (Å²) in [7, 11) is 0. The van der Waals surface area contributed by atoms with E-state index in [1.165, 1.54) is 6.92 Å². The number of nitrogens with two attached hydrogens (primary N) is 1. The normalized spacial score (nSPS) is 11.2. The maximum atomic E-state index is 11.8. The maximum absolute atomic E-state index is 11.8. The van der Waals surface area contributed by atoms with Crippen molar-refractivity contribution in [1.82, 2.24) is 5.32 Å². The first-order valence-electron chi connectivity index (χ1n) is 7.02. The Hall–Kier alpha value is -2.55. The van der Waals surface area contributed by atoms with E-state index in [2.05, 4.69) is 5.32 Å². The van der Waals surface area contributed by atoms with Crippen LogP contribution in [-0.2, 0) is 19.1 Å². The van der Waals surface area contributed by atoms with Crippen LogP contribution >= 0.6 is 11.8 Å². The van der Waals surface area contributed by atoms with Crippen molar-refractivity contribution < 1.29 is 23.9 Å². The van der Waals surface area contributed by atoms with Crippen LogP contribution in [0.3, 0.4) is 0 Å². The molecule has 0 fully saturated rings. The molecule has 130 valence electrons. The quantitative estimate of drug-likeness (QED) is 0.622. The highest BCUT2D eigenvalue weighted by molar-refractivity contribution is 8.00. The lowest BCUT2D eigenvalue weighted by Gasteiger charge is -2.11. The Bertz CT molecular complexity index is 635. The lowest BCUT2D eigenvalue weighted by atomic mass is 10.2. The summed E-state index contributed by atoms with van der Waals surface area (Å²) >= 11 is 1.05. The van der Waals surface area contributed by atoms with E-state index in [4.69, 9.17) is 10.5 Å². The molecule has 0 saturated carbocycles. The summed E-state index contributed by atoms with van der Waals surface area (Å²) in [5.41, 5.74) is 6.49. The first kappa shape index (κ1) is 19.5. The molecule has 0 unspecified atom stereocenters. The van der Waals surface area contributed by atoms with Crippen LogP contribution in [0.15, 0.2) is 24.3 Å². The first-order chi connectivity index (χ1) is 11.3. The van der Waals surface area contributed by atoms with Crippen LogP contribution in [0.1, 0.15) is 12.5 Å². The molecule has 0 aliphatic carbocycles. The molecule has 1 rings (SSSR count). The molecule has 1 aromatic carbocycles. The molecule has 0 radical (unpaired) electrons. The number of benzene rings is 1. The van der Waals surface area contributed by atoms with Gasteiger partial charge in [0.15, 0.2) is 6.10 Å². The van der Waals surface area contributed by atoms with E-state index in [1.807, 2.05) is 25.1 Å². The van der Waals surface area contributed by atoms with Crippen molar-refractivity contribution in [3.8, 4) is 0 Å². The predicted octanol–water partition coefficient (Wildman–Crippen LogP) is 0.793. The van der Waals surface area contributed by atoms with Gasteiger partial charge in [0.2, 0.25) is 5.91 Å². The van der Waals surface area contributed by atoms with E-state index >= 15 is 0 Å². The second kappa shape index (κ2) is 9.56. The number of thioether (sulfide) groups is 1. The number of imide groups is 1. The average Bonchev–Trinajstić information content (AvgIpc) is 2.46. The molecular weight excluding hydrogens is 334 g/mol. The van der Waals surface area contributed by atoms with Crippen molar-refractivity contribution >= 4 is 41.3 Å². The zero-order valence-corrected chi connectivity index (χ0v) is 14.1. The minimum absolute atomic E-state index is 0.0604.